The second-order valence-electron chi connectivity index (χ2n) is 7.28. The van der Waals surface area contributed by atoms with Crippen molar-refractivity contribution < 1.29 is 9.47 Å². The van der Waals surface area contributed by atoms with Crippen molar-refractivity contribution in [3.63, 3.8) is 0 Å². The molecule has 4 heterocycles. The van der Waals surface area contributed by atoms with Crippen LogP contribution in [0.15, 0.2) is 16.8 Å². The maximum absolute atomic E-state index is 6.57. The van der Waals surface area contributed by atoms with Gasteiger partial charge >= 0.3 is 0 Å². The Kier molecular flexibility index (Phi) is 5.02. The predicted molar refractivity (Wildman–Crippen MR) is 92.9 cm³/mol. The number of hydrogen-bond acceptors (Lipinski definition) is 5. The summed E-state index contributed by atoms with van der Waals surface area (Å²) < 4.78 is 12.0. The van der Waals surface area contributed by atoms with E-state index < -0.39 is 0 Å². The Bertz CT molecular complexity index is 479. The average molecular weight is 337 g/mol. The molecule has 1 atom stereocenters. The lowest BCUT2D eigenvalue weighted by molar-refractivity contribution is -0.0898. The van der Waals surface area contributed by atoms with Gasteiger partial charge in [-0.05, 0) is 48.1 Å². The van der Waals surface area contributed by atoms with E-state index in [0.29, 0.717) is 6.10 Å². The minimum Gasteiger partial charge on any atom is -0.379 e. The third-order valence-electron chi connectivity index (χ3n) is 5.66. The SMILES string of the molecule is c1cc(CN2CCC3(CCC(CN4CCOCC4)O3)CC2)cs1. The van der Waals surface area contributed by atoms with Crippen LogP contribution in [0.3, 0.4) is 0 Å². The topological polar surface area (TPSA) is 24.9 Å². The van der Waals surface area contributed by atoms with Crippen molar-refractivity contribution in [2.75, 3.05) is 45.9 Å². The van der Waals surface area contributed by atoms with E-state index in [2.05, 4.69) is 26.6 Å². The van der Waals surface area contributed by atoms with Gasteiger partial charge < -0.3 is 9.47 Å². The number of hydrogen-bond donors (Lipinski definition) is 0. The highest BCUT2D eigenvalue weighted by atomic mass is 32.1. The molecule has 128 valence electrons. The molecule has 0 saturated carbocycles. The smallest absolute Gasteiger partial charge is 0.0712 e. The predicted octanol–water partition coefficient (Wildman–Crippen LogP) is 2.59. The number of likely N-dealkylation sites (tertiary alicyclic amines) is 1. The molecule has 1 spiro atoms. The largest absolute Gasteiger partial charge is 0.379 e. The van der Waals surface area contributed by atoms with Gasteiger partial charge in [-0.25, -0.2) is 0 Å². The third kappa shape index (κ3) is 3.97. The van der Waals surface area contributed by atoms with Crippen molar-refractivity contribution in [2.24, 2.45) is 0 Å². The summed E-state index contributed by atoms with van der Waals surface area (Å²) in [4.78, 5) is 5.10. The fraction of sp³-hybridized carbons (Fsp3) is 0.778. The Hall–Kier alpha value is -0.460. The Labute approximate surface area is 143 Å². The van der Waals surface area contributed by atoms with Crippen molar-refractivity contribution >= 4 is 11.3 Å². The second-order valence-corrected chi connectivity index (χ2v) is 8.06. The normalized spacial score (nSPS) is 29.3. The molecule has 4 rings (SSSR count). The van der Waals surface area contributed by atoms with E-state index in [1.54, 1.807) is 11.3 Å². The van der Waals surface area contributed by atoms with Crippen LogP contribution in [0, 0.1) is 0 Å². The van der Waals surface area contributed by atoms with Crippen molar-refractivity contribution in [3.8, 4) is 0 Å². The average Bonchev–Trinajstić information content (AvgIpc) is 3.22. The first kappa shape index (κ1) is 16.0. The Morgan fingerprint density at radius 1 is 1.09 bits per heavy atom. The molecule has 0 bridgehead atoms. The fourth-order valence-electron chi connectivity index (χ4n) is 4.22. The van der Waals surface area contributed by atoms with E-state index in [1.807, 2.05) is 0 Å². The maximum atomic E-state index is 6.57. The van der Waals surface area contributed by atoms with Crippen LogP contribution >= 0.6 is 11.3 Å². The first-order valence-electron chi connectivity index (χ1n) is 9.03. The molecule has 3 saturated heterocycles. The van der Waals surface area contributed by atoms with Crippen molar-refractivity contribution in [2.45, 2.75) is 43.9 Å². The molecule has 5 heteroatoms. The molecule has 0 aromatic carbocycles. The van der Waals surface area contributed by atoms with Gasteiger partial charge in [0.1, 0.15) is 0 Å². The van der Waals surface area contributed by atoms with Gasteiger partial charge in [-0.2, -0.15) is 11.3 Å². The van der Waals surface area contributed by atoms with E-state index in [-0.39, 0.29) is 5.60 Å². The zero-order chi connectivity index (χ0) is 15.5. The summed E-state index contributed by atoms with van der Waals surface area (Å²) in [5, 5.41) is 4.45. The van der Waals surface area contributed by atoms with Gasteiger partial charge in [0.25, 0.3) is 0 Å². The number of piperidine rings is 1. The Balaban J connectivity index is 1.24. The second kappa shape index (κ2) is 7.19. The lowest BCUT2D eigenvalue weighted by atomic mass is 9.88. The molecule has 1 aromatic heterocycles. The van der Waals surface area contributed by atoms with Crippen molar-refractivity contribution in [3.05, 3.63) is 22.4 Å². The highest BCUT2D eigenvalue weighted by Crippen LogP contribution is 2.39. The Morgan fingerprint density at radius 2 is 1.91 bits per heavy atom. The van der Waals surface area contributed by atoms with Gasteiger partial charge in [0.2, 0.25) is 0 Å². The lowest BCUT2D eigenvalue weighted by Gasteiger charge is -2.39. The first-order valence-corrected chi connectivity index (χ1v) is 9.97. The fourth-order valence-corrected chi connectivity index (χ4v) is 4.88. The third-order valence-corrected chi connectivity index (χ3v) is 6.39. The summed E-state index contributed by atoms with van der Waals surface area (Å²) in [7, 11) is 0. The Morgan fingerprint density at radius 3 is 2.65 bits per heavy atom. The van der Waals surface area contributed by atoms with Gasteiger partial charge in [0, 0.05) is 39.3 Å². The van der Waals surface area contributed by atoms with Crippen LogP contribution < -0.4 is 0 Å². The highest BCUT2D eigenvalue weighted by molar-refractivity contribution is 7.07. The zero-order valence-corrected chi connectivity index (χ0v) is 14.7. The molecule has 3 fully saturated rings. The van der Waals surface area contributed by atoms with Crippen LogP contribution in [0.25, 0.3) is 0 Å². The van der Waals surface area contributed by atoms with E-state index in [1.165, 1.54) is 44.3 Å². The minimum atomic E-state index is 0.183. The van der Waals surface area contributed by atoms with Gasteiger partial charge in [0.15, 0.2) is 0 Å². The molecule has 3 aliphatic rings. The quantitative estimate of drug-likeness (QED) is 0.844. The number of nitrogens with zero attached hydrogens (tertiary/aromatic N) is 2. The molecule has 0 aliphatic carbocycles. The van der Waals surface area contributed by atoms with E-state index in [4.69, 9.17) is 9.47 Å². The standard InChI is InChI=1S/C18H28N2O2S/c1-3-18(22-17(1)14-20-8-10-21-11-9-20)4-6-19(7-5-18)13-16-2-12-23-15-16/h2,12,15,17H,1,3-11,13-14H2. The number of ether oxygens (including phenoxy) is 2. The molecule has 0 N–H and O–H groups in total. The van der Waals surface area contributed by atoms with Crippen LogP contribution in [0.5, 0.6) is 0 Å². The summed E-state index contributed by atoms with van der Waals surface area (Å²) in [5.41, 5.74) is 1.64. The van der Waals surface area contributed by atoms with E-state index >= 15 is 0 Å². The molecule has 3 aliphatic heterocycles. The number of thiophene rings is 1. The minimum absolute atomic E-state index is 0.183. The first-order chi connectivity index (χ1) is 11.3. The summed E-state index contributed by atoms with van der Waals surface area (Å²) in [6.07, 6.45) is 5.35. The molecule has 4 nitrogen and oxygen atoms in total. The molecular weight excluding hydrogens is 308 g/mol. The van der Waals surface area contributed by atoms with Crippen LogP contribution in [0.1, 0.15) is 31.2 Å². The maximum Gasteiger partial charge on any atom is 0.0712 e. The number of morpholine rings is 1. The van der Waals surface area contributed by atoms with Crippen molar-refractivity contribution in [1.29, 1.82) is 0 Å². The van der Waals surface area contributed by atoms with Crippen LogP contribution in [0.4, 0.5) is 0 Å². The van der Waals surface area contributed by atoms with Crippen molar-refractivity contribution in [1.82, 2.24) is 9.80 Å². The van der Waals surface area contributed by atoms with Gasteiger partial charge in [-0.3, -0.25) is 9.80 Å². The van der Waals surface area contributed by atoms with E-state index in [0.717, 1.165) is 39.4 Å². The molecule has 0 amide bonds. The molecule has 0 radical (unpaired) electrons. The zero-order valence-electron chi connectivity index (χ0n) is 13.9. The van der Waals surface area contributed by atoms with Gasteiger partial charge in [0.05, 0.1) is 24.9 Å². The molecule has 1 unspecified atom stereocenters. The van der Waals surface area contributed by atoms with Crippen LogP contribution in [-0.4, -0.2) is 67.4 Å². The van der Waals surface area contributed by atoms with Crippen LogP contribution in [0.2, 0.25) is 0 Å². The van der Waals surface area contributed by atoms with Crippen LogP contribution in [-0.2, 0) is 16.0 Å². The van der Waals surface area contributed by atoms with Gasteiger partial charge in [-0.15, -0.1) is 0 Å². The van der Waals surface area contributed by atoms with Gasteiger partial charge in [-0.1, -0.05) is 0 Å². The summed E-state index contributed by atoms with van der Waals surface area (Å²) in [5.74, 6) is 0. The monoisotopic (exact) mass is 336 g/mol. The number of rotatable bonds is 4. The lowest BCUT2D eigenvalue weighted by Crippen LogP contribution is -2.45. The summed E-state index contributed by atoms with van der Waals surface area (Å²) in [6.45, 7) is 8.48. The molecular formula is C18H28N2O2S. The summed E-state index contributed by atoms with van der Waals surface area (Å²) in [6, 6.07) is 2.25. The van der Waals surface area contributed by atoms with E-state index in [9.17, 15) is 0 Å². The summed E-state index contributed by atoms with van der Waals surface area (Å²) >= 11 is 1.80. The molecule has 23 heavy (non-hydrogen) atoms. The molecule has 1 aromatic rings. The highest BCUT2D eigenvalue weighted by Gasteiger charge is 2.42.